The van der Waals surface area contributed by atoms with E-state index in [0.29, 0.717) is 25.1 Å². The van der Waals surface area contributed by atoms with Gasteiger partial charge in [-0.05, 0) is 53.8 Å². The average Bonchev–Trinajstić information content (AvgIpc) is 3.45. The summed E-state index contributed by atoms with van der Waals surface area (Å²) in [6.45, 7) is 6.26. The molecule has 0 aliphatic rings. The Bertz CT molecular complexity index is 1260. The zero-order valence-electron chi connectivity index (χ0n) is 19.3. The molecule has 1 unspecified atom stereocenters. The molecule has 2 heterocycles. The fourth-order valence-corrected chi connectivity index (χ4v) is 4.05. The minimum Gasteiger partial charge on any atom is -0.289 e. The van der Waals surface area contributed by atoms with Gasteiger partial charge in [0.1, 0.15) is 6.33 Å². The molecule has 33 heavy (non-hydrogen) atoms. The van der Waals surface area contributed by atoms with Crippen molar-refractivity contribution < 1.29 is 4.39 Å². The van der Waals surface area contributed by atoms with Crippen molar-refractivity contribution in [2.24, 2.45) is 0 Å². The predicted octanol–water partition coefficient (Wildman–Crippen LogP) is 4.79. The number of nitrogens with zero attached hydrogens (tertiary/aromatic N) is 6. The number of imidazole rings is 1. The van der Waals surface area contributed by atoms with Gasteiger partial charge in [-0.1, -0.05) is 62.7 Å². The van der Waals surface area contributed by atoms with Crippen LogP contribution in [0.15, 0.2) is 59.7 Å². The van der Waals surface area contributed by atoms with Crippen LogP contribution in [0.1, 0.15) is 57.3 Å². The third-order valence-corrected chi connectivity index (χ3v) is 6.12. The first-order chi connectivity index (χ1) is 16.0. The second-order valence-corrected chi connectivity index (χ2v) is 8.31. The zero-order valence-corrected chi connectivity index (χ0v) is 19.3. The van der Waals surface area contributed by atoms with Crippen molar-refractivity contribution in [1.29, 1.82) is 0 Å². The van der Waals surface area contributed by atoms with Crippen LogP contribution in [0.2, 0.25) is 0 Å². The molecule has 4 aromatic rings. The minimum atomic E-state index is -0.394. The van der Waals surface area contributed by atoms with Gasteiger partial charge in [0.05, 0.1) is 17.9 Å². The second-order valence-electron chi connectivity index (χ2n) is 8.31. The summed E-state index contributed by atoms with van der Waals surface area (Å²) in [5, 5.41) is 11.5. The highest BCUT2D eigenvalue weighted by molar-refractivity contribution is 5.72. The van der Waals surface area contributed by atoms with E-state index in [1.54, 1.807) is 15.6 Å². The van der Waals surface area contributed by atoms with Gasteiger partial charge in [-0.15, -0.1) is 5.10 Å². The molecule has 2 aromatic heterocycles. The molecule has 4 rings (SSSR count). The van der Waals surface area contributed by atoms with Crippen molar-refractivity contribution >= 4 is 0 Å². The molecular formula is C25H29FN6O. The SMILES string of the molecule is CCCCc1c(F)n(C(C)CC)c(=O)n1Cc1ccc(-c2ccccc2-n2cnnn2)cc1. The normalized spacial score (nSPS) is 12.2. The smallest absolute Gasteiger partial charge is 0.289 e. The van der Waals surface area contributed by atoms with Crippen LogP contribution in [0.5, 0.6) is 0 Å². The van der Waals surface area contributed by atoms with Gasteiger partial charge in [0, 0.05) is 11.6 Å². The van der Waals surface area contributed by atoms with Crippen molar-refractivity contribution in [3.05, 3.63) is 82.5 Å². The molecule has 0 radical (unpaired) electrons. The molecule has 0 saturated carbocycles. The standard InChI is InChI=1S/C25H29FN6O/c1-4-6-10-23-24(26)32(18(3)5-2)25(33)30(23)16-19-12-14-20(15-13-19)21-9-7-8-11-22(21)31-17-27-28-29-31/h7-9,11-15,17-18H,4-6,10,16H2,1-3H3. The minimum absolute atomic E-state index is 0.177. The van der Waals surface area contributed by atoms with E-state index in [1.807, 2.05) is 62.4 Å². The van der Waals surface area contributed by atoms with Crippen molar-refractivity contribution in [2.45, 2.75) is 59.0 Å². The maximum Gasteiger partial charge on any atom is 0.331 e. The zero-order chi connectivity index (χ0) is 23.4. The van der Waals surface area contributed by atoms with Crippen LogP contribution in [0, 0.1) is 5.95 Å². The van der Waals surface area contributed by atoms with E-state index in [2.05, 4.69) is 22.4 Å². The molecule has 0 amide bonds. The highest BCUT2D eigenvalue weighted by atomic mass is 19.1. The van der Waals surface area contributed by atoms with E-state index in [9.17, 15) is 4.79 Å². The van der Waals surface area contributed by atoms with Crippen LogP contribution in [-0.4, -0.2) is 29.3 Å². The third-order valence-electron chi connectivity index (χ3n) is 6.12. The molecular weight excluding hydrogens is 419 g/mol. The summed E-state index contributed by atoms with van der Waals surface area (Å²) in [6, 6.07) is 15.7. The molecule has 1 atom stereocenters. The molecule has 0 spiro atoms. The van der Waals surface area contributed by atoms with Gasteiger partial charge in [-0.3, -0.25) is 9.13 Å². The van der Waals surface area contributed by atoms with E-state index >= 15 is 4.39 Å². The van der Waals surface area contributed by atoms with Gasteiger partial charge in [0.25, 0.3) is 0 Å². The Morgan fingerprint density at radius 1 is 1.06 bits per heavy atom. The summed E-state index contributed by atoms with van der Waals surface area (Å²) >= 11 is 0. The van der Waals surface area contributed by atoms with E-state index in [4.69, 9.17) is 0 Å². The monoisotopic (exact) mass is 448 g/mol. The van der Waals surface area contributed by atoms with Crippen LogP contribution in [-0.2, 0) is 13.0 Å². The number of rotatable bonds is 9. The van der Waals surface area contributed by atoms with Crippen LogP contribution in [0.25, 0.3) is 16.8 Å². The summed E-state index contributed by atoms with van der Waals surface area (Å²) in [4.78, 5) is 13.1. The van der Waals surface area contributed by atoms with Gasteiger partial charge < -0.3 is 0 Å². The number of benzene rings is 2. The number of hydrogen-bond acceptors (Lipinski definition) is 4. The van der Waals surface area contributed by atoms with Gasteiger partial charge in [-0.2, -0.15) is 9.07 Å². The van der Waals surface area contributed by atoms with E-state index in [1.165, 1.54) is 4.57 Å². The fraction of sp³-hybridized carbons (Fsp3) is 0.360. The molecule has 2 aromatic carbocycles. The topological polar surface area (TPSA) is 70.5 Å². The van der Waals surface area contributed by atoms with E-state index in [0.717, 1.165) is 35.2 Å². The first kappa shape index (κ1) is 22.6. The summed E-state index contributed by atoms with van der Waals surface area (Å²) in [5.41, 5.74) is 4.04. The Labute approximate surface area is 192 Å². The van der Waals surface area contributed by atoms with Crippen LogP contribution < -0.4 is 5.69 Å². The number of tetrazole rings is 1. The lowest BCUT2D eigenvalue weighted by Crippen LogP contribution is -2.27. The van der Waals surface area contributed by atoms with Crippen molar-refractivity contribution in [3.63, 3.8) is 0 Å². The molecule has 0 aliphatic carbocycles. The van der Waals surface area contributed by atoms with Crippen molar-refractivity contribution in [2.75, 3.05) is 0 Å². The van der Waals surface area contributed by atoms with E-state index < -0.39 is 5.95 Å². The van der Waals surface area contributed by atoms with E-state index in [-0.39, 0.29) is 11.7 Å². The highest BCUT2D eigenvalue weighted by Gasteiger charge is 2.22. The third kappa shape index (κ3) is 4.51. The molecule has 8 heteroatoms. The highest BCUT2D eigenvalue weighted by Crippen LogP contribution is 2.26. The molecule has 172 valence electrons. The van der Waals surface area contributed by atoms with Crippen molar-refractivity contribution in [1.82, 2.24) is 29.3 Å². The Morgan fingerprint density at radius 2 is 1.82 bits per heavy atom. The average molecular weight is 449 g/mol. The molecule has 0 saturated heterocycles. The molecule has 0 N–H and O–H groups in total. The number of para-hydroxylation sites is 1. The van der Waals surface area contributed by atoms with Crippen LogP contribution >= 0.6 is 0 Å². The number of hydrogen-bond donors (Lipinski definition) is 0. The van der Waals surface area contributed by atoms with Gasteiger partial charge in [0.2, 0.25) is 5.95 Å². The summed E-state index contributed by atoms with van der Waals surface area (Å²) in [6.07, 6.45) is 4.60. The Morgan fingerprint density at radius 3 is 2.48 bits per heavy atom. The Balaban J connectivity index is 1.67. The lowest BCUT2D eigenvalue weighted by atomic mass is 10.0. The Kier molecular flexibility index (Phi) is 6.82. The summed E-state index contributed by atoms with van der Waals surface area (Å²) < 4.78 is 19.7. The first-order valence-corrected chi connectivity index (χ1v) is 11.5. The van der Waals surface area contributed by atoms with Crippen molar-refractivity contribution in [3.8, 4) is 16.8 Å². The second kappa shape index (κ2) is 9.94. The van der Waals surface area contributed by atoms with Gasteiger partial charge in [0.15, 0.2) is 0 Å². The number of aromatic nitrogens is 6. The van der Waals surface area contributed by atoms with Crippen LogP contribution in [0.3, 0.4) is 0 Å². The number of unbranched alkanes of at least 4 members (excludes halogenated alkanes) is 1. The summed E-state index contributed by atoms with van der Waals surface area (Å²) in [7, 11) is 0. The van der Waals surface area contributed by atoms with Gasteiger partial charge >= 0.3 is 5.69 Å². The summed E-state index contributed by atoms with van der Waals surface area (Å²) in [5.74, 6) is -0.394. The maximum atomic E-state index is 15.2. The quantitative estimate of drug-likeness (QED) is 0.369. The van der Waals surface area contributed by atoms with Gasteiger partial charge in [-0.25, -0.2) is 4.79 Å². The lowest BCUT2D eigenvalue weighted by Gasteiger charge is -2.11. The largest absolute Gasteiger partial charge is 0.331 e. The molecule has 0 aliphatic heterocycles. The lowest BCUT2D eigenvalue weighted by molar-refractivity contribution is 0.413. The molecule has 7 nitrogen and oxygen atoms in total. The number of halogens is 1. The Hall–Kier alpha value is -3.55. The maximum absolute atomic E-state index is 15.2. The fourth-order valence-electron chi connectivity index (χ4n) is 4.05. The first-order valence-electron chi connectivity index (χ1n) is 11.5. The molecule has 0 bridgehead atoms. The molecule has 0 fully saturated rings. The van der Waals surface area contributed by atoms with Crippen LogP contribution in [0.4, 0.5) is 4.39 Å². The predicted molar refractivity (Wildman–Crippen MR) is 126 cm³/mol.